The molecule has 0 saturated heterocycles. The van der Waals surface area contributed by atoms with Gasteiger partial charge in [-0.1, -0.05) is 210 Å². The Morgan fingerprint density at radius 1 is 0.267 bits per heavy atom. The standard InChI is InChI=1S/C82H76B2N4O2/c1-79(2,3)53-31-39-59(40-32-53)85(60-41-33-54(34-42-60)80(4,5)6)63-47-71-77-75(49-63)89-73-29-21-19-27-65(73)83(77)67-51-68-70(52-69(67)87(71)57-23-15-13-16-24-57)88(58-25-17-14-18-26-58)72-48-64(50-76-78(72)84(68)66-28-20-22-30-74(66)90-76)86(61-43-35-55(36-44-61)81(7,8)9)62-45-37-56(38-46-62)82(10,11)12/h13-52H,1-12H3. The topological polar surface area (TPSA) is 31.4 Å². The molecule has 4 heterocycles. The number of benzene rings is 11. The fourth-order valence-electron chi connectivity index (χ4n) is 14.2. The van der Waals surface area contributed by atoms with Crippen LogP contribution in [-0.4, -0.2) is 13.4 Å². The van der Waals surface area contributed by atoms with Crippen LogP contribution in [0.2, 0.25) is 0 Å². The van der Waals surface area contributed by atoms with Crippen LogP contribution in [0.1, 0.15) is 105 Å². The average molecular weight is 1170 g/mol. The summed E-state index contributed by atoms with van der Waals surface area (Å²) >= 11 is 0. The van der Waals surface area contributed by atoms with Gasteiger partial charge in [0.2, 0.25) is 0 Å². The first-order valence-corrected chi connectivity index (χ1v) is 32.0. The largest absolute Gasteiger partial charge is 0.458 e. The van der Waals surface area contributed by atoms with E-state index in [0.29, 0.717) is 0 Å². The number of para-hydroxylation sites is 4. The van der Waals surface area contributed by atoms with Crippen LogP contribution in [0.3, 0.4) is 0 Å². The summed E-state index contributed by atoms with van der Waals surface area (Å²) in [5.74, 6) is 3.40. The zero-order chi connectivity index (χ0) is 62.2. The van der Waals surface area contributed by atoms with E-state index in [1.807, 2.05) is 0 Å². The van der Waals surface area contributed by atoms with Crippen molar-refractivity contribution in [1.29, 1.82) is 0 Å². The van der Waals surface area contributed by atoms with Gasteiger partial charge in [-0.2, -0.15) is 0 Å². The second-order valence-corrected chi connectivity index (χ2v) is 29.1. The summed E-state index contributed by atoms with van der Waals surface area (Å²) in [4.78, 5) is 9.84. The van der Waals surface area contributed by atoms with Crippen LogP contribution < -0.4 is 61.9 Å². The second kappa shape index (κ2) is 21.0. The fourth-order valence-corrected chi connectivity index (χ4v) is 14.2. The van der Waals surface area contributed by atoms with Crippen LogP contribution in [0.15, 0.2) is 243 Å². The lowest BCUT2D eigenvalue weighted by atomic mass is 9.31. The monoisotopic (exact) mass is 1170 g/mol. The van der Waals surface area contributed by atoms with Gasteiger partial charge < -0.3 is 29.1 Å². The Hall–Kier alpha value is -9.65. The summed E-state index contributed by atoms with van der Waals surface area (Å²) < 4.78 is 14.6. The maximum absolute atomic E-state index is 7.31. The van der Waals surface area contributed by atoms with Crippen molar-refractivity contribution >= 4 is 114 Å². The van der Waals surface area contributed by atoms with Gasteiger partial charge in [0.25, 0.3) is 13.4 Å². The third kappa shape index (κ3) is 9.65. The fraction of sp³-hybridized carbons (Fsp3) is 0.195. The maximum atomic E-state index is 7.31. The lowest BCUT2D eigenvalue weighted by molar-refractivity contribution is 0.487. The predicted octanol–water partition coefficient (Wildman–Crippen LogP) is 18.6. The van der Waals surface area contributed by atoms with Gasteiger partial charge in [-0.3, -0.25) is 0 Å². The maximum Gasteiger partial charge on any atom is 0.256 e. The zero-order valence-electron chi connectivity index (χ0n) is 53.9. The molecular formula is C82H76B2N4O2. The molecule has 6 nitrogen and oxygen atoms in total. The Morgan fingerprint density at radius 2 is 0.567 bits per heavy atom. The van der Waals surface area contributed by atoms with E-state index in [-0.39, 0.29) is 35.1 Å². The molecule has 0 aromatic heterocycles. The minimum absolute atomic E-state index is 0.0121. The van der Waals surface area contributed by atoms with Crippen LogP contribution in [-0.2, 0) is 21.7 Å². The van der Waals surface area contributed by atoms with Crippen LogP contribution in [0, 0.1) is 0 Å². The number of anilines is 12. The molecule has 0 spiro atoms. The average Bonchev–Trinajstić information content (AvgIpc) is 0.694. The quantitative estimate of drug-likeness (QED) is 0.141. The van der Waals surface area contributed by atoms with Crippen molar-refractivity contribution in [2.45, 2.75) is 105 Å². The van der Waals surface area contributed by atoms with Crippen molar-refractivity contribution in [2.75, 3.05) is 19.6 Å². The normalized spacial score (nSPS) is 13.6. The molecule has 0 saturated carbocycles. The molecule has 4 aliphatic rings. The third-order valence-electron chi connectivity index (χ3n) is 19.0. The molecule has 0 radical (unpaired) electrons. The smallest absolute Gasteiger partial charge is 0.256 e. The van der Waals surface area contributed by atoms with E-state index in [1.54, 1.807) is 0 Å². The predicted molar refractivity (Wildman–Crippen MR) is 382 cm³/mol. The Kier molecular flexibility index (Phi) is 13.3. The summed E-state index contributed by atoms with van der Waals surface area (Å²) in [5, 5.41) is 0. The van der Waals surface area contributed by atoms with E-state index in [2.05, 4.69) is 345 Å². The highest BCUT2D eigenvalue weighted by Crippen LogP contribution is 2.51. The van der Waals surface area contributed by atoms with Crippen LogP contribution in [0.5, 0.6) is 23.0 Å². The molecule has 0 aliphatic carbocycles. The van der Waals surface area contributed by atoms with Gasteiger partial charge in [0.1, 0.15) is 23.0 Å². The summed E-state index contributed by atoms with van der Waals surface area (Å²) in [6, 6.07) is 90.3. The summed E-state index contributed by atoms with van der Waals surface area (Å²) in [5.41, 5.74) is 24.8. The van der Waals surface area contributed by atoms with Gasteiger partial charge in [-0.25, -0.2) is 0 Å². The van der Waals surface area contributed by atoms with Crippen molar-refractivity contribution in [2.24, 2.45) is 0 Å². The van der Waals surface area contributed by atoms with E-state index < -0.39 is 0 Å². The highest BCUT2D eigenvalue weighted by molar-refractivity contribution is 7.02. The highest BCUT2D eigenvalue weighted by Gasteiger charge is 2.48. The molecule has 15 rings (SSSR count). The summed E-state index contributed by atoms with van der Waals surface area (Å²) in [6.07, 6.45) is 0. The second-order valence-electron chi connectivity index (χ2n) is 29.1. The minimum atomic E-state index is -0.175. The van der Waals surface area contributed by atoms with Gasteiger partial charge >= 0.3 is 0 Å². The Morgan fingerprint density at radius 3 is 0.878 bits per heavy atom. The van der Waals surface area contributed by atoms with Crippen molar-refractivity contribution in [1.82, 2.24) is 0 Å². The van der Waals surface area contributed by atoms with Gasteiger partial charge in [0, 0.05) is 69.0 Å². The molecule has 11 aromatic rings. The van der Waals surface area contributed by atoms with E-state index in [0.717, 1.165) is 113 Å². The van der Waals surface area contributed by atoms with Crippen LogP contribution in [0.4, 0.5) is 68.2 Å². The number of hydrogen-bond donors (Lipinski definition) is 0. The first kappa shape index (κ1) is 56.8. The Labute approximate surface area is 533 Å². The van der Waals surface area contributed by atoms with Gasteiger partial charge in [-0.15, -0.1) is 0 Å². The molecule has 0 fully saturated rings. The number of fused-ring (bicyclic) bond motifs is 8. The lowest BCUT2D eigenvalue weighted by Gasteiger charge is -2.45. The zero-order valence-corrected chi connectivity index (χ0v) is 53.9. The van der Waals surface area contributed by atoms with E-state index >= 15 is 0 Å². The molecule has 0 atom stereocenters. The number of rotatable bonds is 8. The lowest BCUT2D eigenvalue weighted by Crippen LogP contribution is -2.63. The van der Waals surface area contributed by atoms with Crippen LogP contribution >= 0.6 is 0 Å². The molecule has 0 amide bonds. The van der Waals surface area contributed by atoms with Gasteiger partial charge in [0.15, 0.2) is 0 Å². The van der Waals surface area contributed by atoms with E-state index in [9.17, 15) is 0 Å². The molecule has 0 bridgehead atoms. The molecule has 90 heavy (non-hydrogen) atoms. The van der Waals surface area contributed by atoms with Crippen molar-refractivity contribution in [3.8, 4) is 23.0 Å². The van der Waals surface area contributed by atoms with Gasteiger partial charge in [-0.05, 0) is 180 Å². The van der Waals surface area contributed by atoms with Crippen molar-refractivity contribution in [3.05, 3.63) is 265 Å². The molecule has 8 heteroatoms. The summed E-state index contributed by atoms with van der Waals surface area (Å²) in [6.45, 7) is 27.0. The highest BCUT2D eigenvalue weighted by atomic mass is 16.5. The molecule has 442 valence electrons. The Balaban J connectivity index is 0.994. The van der Waals surface area contributed by atoms with Crippen molar-refractivity contribution < 1.29 is 9.47 Å². The first-order chi connectivity index (χ1) is 43.2. The number of nitrogens with zero attached hydrogens (tertiary/aromatic N) is 4. The molecule has 0 N–H and O–H groups in total. The molecular weight excluding hydrogens is 1090 g/mol. The van der Waals surface area contributed by atoms with E-state index in [4.69, 9.17) is 9.47 Å². The third-order valence-corrected chi connectivity index (χ3v) is 19.0. The number of hydrogen-bond acceptors (Lipinski definition) is 6. The SMILES string of the molecule is CC(C)(C)c1ccc(N(c2ccc(C(C)(C)C)cc2)c2cc3c4c(c2)N(c2ccccc2)c2cc5c(cc2B4c2ccccc2O3)B2c3ccccc3Oc3cc(N(c4ccc(C(C)(C)C)cc4)c4ccc(C(C)(C)C)cc4)cc(c32)N5c2ccccc2)cc1. The molecule has 11 aromatic carbocycles. The van der Waals surface area contributed by atoms with E-state index in [1.165, 1.54) is 33.2 Å². The van der Waals surface area contributed by atoms with Crippen LogP contribution in [0.25, 0.3) is 0 Å². The minimum Gasteiger partial charge on any atom is -0.458 e. The molecule has 4 aliphatic heterocycles. The van der Waals surface area contributed by atoms with Crippen molar-refractivity contribution in [3.63, 3.8) is 0 Å². The first-order valence-electron chi connectivity index (χ1n) is 32.0. The summed E-state index contributed by atoms with van der Waals surface area (Å²) in [7, 11) is 0. The number of ether oxygens (including phenoxy) is 2. The molecule has 0 unspecified atom stereocenters. The Bertz CT molecular complexity index is 4170. The van der Waals surface area contributed by atoms with Gasteiger partial charge in [0.05, 0.1) is 11.4 Å².